The highest BCUT2D eigenvalue weighted by molar-refractivity contribution is 5.97. The van der Waals surface area contributed by atoms with Gasteiger partial charge in [0.2, 0.25) is 5.91 Å². The molecular formula is C18H22N4O4. The van der Waals surface area contributed by atoms with Gasteiger partial charge in [0, 0.05) is 11.6 Å². The van der Waals surface area contributed by atoms with Crippen LogP contribution in [0.25, 0.3) is 0 Å². The third-order valence-electron chi connectivity index (χ3n) is 6.30. The van der Waals surface area contributed by atoms with Crippen molar-refractivity contribution in [3.05, 3.63) is 33.9 Å². The molecular weight excluding hydrogens is 336 g/mol. The smallest absolute Gasteiger partial charge is 0.292 e. The van der Waals surface area contributed by atoms with Crippen LogP contribution in [-0.2, 0) is 4.79 Å². The van der Waals surface area contributed by atoms with Crippen LogP contribution < -0.4 is 16.6 Å². The Bertz CT molecular complexity index is 756. The number of nitro benzene ring substituents is 1. The fourth-order valence-electron chi connectivity index (χ4n) is 5.55. The third-order valence-corrected chi connectivity index (χ3v) is 6.30. The fraction of sp³-hybridized carbons (Fsp3) is 0.556. The number of benzene rings is 1. The predicted octanol–water partition coefficient (Wildman–Crippen LogP) is 2.15. The van der Waals surface area contributed by atoms with E-state index < -0.39 is 10.8 Å². The quantitative estimate of drug-likeness (QED) is 0.433. The lowest BCUT2D eigenvalue weighted by Crippen LogP contribution is -2.56. The molecule has 0 radical (unpaired) electrons. The fourth-order valence-corrected chi connectivity index (χ4v) is 5.55. The van der Waals surface area contributed by atoms with Crippen LogP contribution in [0.2, 0.25) is 0 Å². The van der Waals surface area contributed by atoms with Crippen LogP contribution in [0, 0.1) is 33.3 Å². The van der Waals surface area contributed by atoms with E-state index in [2.05, 4.69) is 10.9 Å². The number of hydrogen-bond donors (Lipinski definition) is 3. The van der Waals surface area contributed by atoms with E-state index in [1.807, 2.05) is 0 Å². The van der Waals surface area contributed by atoms with Crippen molar-refractivity contribution in [3.8, 4) is 0 Å². The lowest BCUT2D eigenvalue weighted by Gasteiger charge is -2.55. The zero-order chi connectivity index (χ0) is 18.5. The van der Waals surface area contributed by atoms with Crippen molar-refractivity contribution in [1.29, 1.82) is 0 Å². The summed E-state index contributed by atoms with van der Waals surface area (Å²) in [5.41, 5.74) is 9.88. The lowest BCUT2D eigenvalue weighted by atomic mass is 9.49. The first-order valence-electron chi connectivity index (χ1n) is 9.01. The molecule has 0 unspecified atom stereocenters. The van der Waals surface area contributed by atoms with Gasteiger partial charge in [-0.15, -0.1) is 0 Å². The largest absolute Gasteiger partial charge is 0.393 e. The van der Waals surface area contributed by atoms with Crippen LogP contribution in [0.1, 0.15) is 48.9 Å². The number of amides is 2. The van der Waals surface area contributed by atoms with Crippen molar-refractivity contribution in [3.63, 3.8) is 0 Å². The van der Waals surface area contributed by atoms with E-state index in [1.54, 1.807) is 0 Å². The number of nitrogens with two attached hydrogens (primary N) is 1. The summed E-state index contributed by atoms with van der Waals surface area (Å²) < 4.78 is 0. The maximum atomic E-state index is 12.8. The van der Waals surface area contributed by atoms with Crippen molar-refractivity contribution < 1.29 is 14.5 Å². The Morgan fingerprint density at radius 1 is 1.08 bits per heavy atom. The third kappa shape index (κ3) is 2.79. The van der Waals surface area contributed by atoms with Gasteiger partial charge in [-0.3, -0.25) is 30.6 Å². The van der Waals surface area contributed by atoms with Crippen LogP contribution in [0.15, 0.2) is 18.2 Å². The van der Waals surface area contributed by atoms with Crippen molar-refractivity contribution in [1.82, 2.24) is 10.9 Å². The summed E-state index contributed by atoms with van der Waals surface area (Å²) in [4.78, 5) is 35.4. The molecule has 2 amide bonds. The van der Waals surface area contributed by atoms with Crippen LogP contribution in [0.3, 0.4) is 0 Å². The molecule has 0 aliphatic heterocycles. The van der Waals surface area contributed by atoms with Crippen LogP contribution in [0.5, 0.6) is 0 Å². The Morgan fingerprint density at radius 3 is 2.19 bits per heavy atom. The highest BCUT2D eigenvalue weighted by atomic mass is 16.6. The molecule has 0 aromatic heterocycles. The number of rotatable bonds is 3. The zero-order valence-electron chi connectivity index (χ0n) is 14.4. The van der Waals surface area contributed by atoms with Gasteiger partial charge in [-0.1, -0.05) is 0 Å². The van der Waals surface area contributed by atoms with E-state index in [0.717, 1.165) is 25.3 Å². The van der Waals surface area contributed by atoms with E-state index in [9.17, 15) is 19.7 Å². The number of nitrogen functional groups attached to an aromatic ring is 1. The first-order valence-corrected chi connectivity index (χ1v) is 9.01. The molecule has 26 heavy (non-hydrogen) atoms. The summed E-state index contributed by atoms with van der Waals surface area (Å²) in [6.45, 7) is 0. The first-order chi connectivity index (χ1) is 12.4. The second-order valence-corrected chi connectivity index (χ2v) is 8.14. The van der Waals surface area contributed by atoms with E-state index in [1.165, 1.54) is 31.4 Å². The van der Waals surface area contributed by atoms with Gasteiger partial charge >= 0.3 is 0 Å². The molecule has 4 aliphatic rings. The highest BCUT2D eigenvalue weighted by Crippen LogP contribution is 2.60. The minimum Gasteiger partial charge on any atom is -0.393 e. The number of anilines is 1. The van der Waals surface area contributed by atoms with Gasteiger partial charge in [0.25, 0.3) is 11.6 Å². The molecule has 4 bridgehead atoms. The average molecular weight is 358 g/mol. The minimum absolute atomic E-state index is 0.0100. The topological polar surface area (TPSA) is 127 Å². The maximum absolute atomic E-state index is 12.8. The van der Waals surface area contributed by atoms with Crippen molar-refractivity contribution in [2.75, 3.05) is 5.73 Å². The highest BCUT2D eigenvalue weighted by Gasteiger charge is 2.54. The van der Waals surface area contributed by atoms with E-state index >= 15 is 0 Å². The van der Waals surface area contributed by atoms with Crippen molar-refractivity contribution in [2.45, 2.75) is 38.5 Å². The molecule has 1 aromatic rings. The molecule has 0 atom stereocenters. The monoisotopic (exact) mass is 358 g/mol. The number of carbonyl (C=O) groups excluding carboxylic acids is 2. The van der Waals surface area contributed by atoms with Gasteiger partial charge in [0.05, 0.1) is 10.3 Å². The molecule has 0 heterocycles. The summed E-state index contributed by atoms with van der Waals surface area (Å²) in [6.07, 6.45) is 6.38. The zero-order valence-corrected chi connectivity index (χ0v) is 14.4. The van der Waals surface area contributed by atoms with Crippen molar-refractivity contribution >= 4 is 23.2 Å². The first kappa shape index (κ1) is 16.8. The number of hydrazine groups is 1. The van der Waals surface area contributed by atoms with Gasteiger partial charge in [0.1, 0.15) is 5.69 Å². The molecule has 5 rings (SSSR count). The molecule has 8 nitrogen and oxygen atoms in total. The van der Waals surface area contributed by atoms with Gasteiger partial charge in [-0.25, -0.2) is 0 Å². The van der Waals surface area contributed by atoms with Crippen LogP contribution in [0.4, 0.5) is 11.4 Å². The standard InChI is InChI=1S/C18H22N4O4/c19-14-2-1-13(6-15(14)22(25)26)16(23)20-21-17(24)18-7-10-3-11(8-18)5-12(4-10)9-18/h1-2,6,10-12H,3-5,7-9,19H2,(H,20,23)(H,21,24). The Labute approximate surface area is 150 Å². The van der Waals surface area contributed by atoms with Gasteiger partial charge in [-0.05, 0) is 68.4 Å². The molecule has 4 N–H and O–H groups in total. The summed E-state index contributed by atoms with van der Waals surface area (Å²) in [6, 6.07) is 3.82. The number of nitrogens with one attached hydrogen (secondary N) is 2. The normalized spacial score (nSPS) is 31.5. The molecule has 1 aromatic carbocycles. The van der Waals surface area contributed by atoms with E-state index in [0.29, 0.717) is 17.8 Å². The van der Waals surface area contributed by atoms with E-state index in [-0.39, 0.29) is 28.3 Å². The second kappa shape index (κ2) is 5.96. The number of hydrogen-bond acceptors (Lipinski definition) is 5. The number of carbonyl (C=O) groups is 2. The van der Waals surface area contributed by atoms with E-state index in [4.69, 9.17) is 5.73 Å². The molecule has 8 heteroatoms. The summed E-state index contributed by atoms with van der Waals surface area (Å²) in [5, 5.41) is 10.9. The Balaban J connectivity index is 1.43. The molecule has 0 saturated heterocycles. The second-order valence-electron chi connectivity index (χ2n) is 8.14. The summed E-state index contributed by atoms with van der Waals surface area (Å²) in [7, 11) is 0. The molecule has 4 aliphatic carbocycles. The number of nitro groups is 1. The van der Waals surface area contributed by atoms with Crippen LogP contribution in [-0.4, -0.2) is 16.7 Å². The lowest BCUT2D eigenvalue weighted by molar-refractivity contribution is -0.383. The number of nitrogens with zero attached hydrogens (tertiary/aromatic N) is 1. The maximum Gasteiger partial charge on any atom is 0.292 e. The Morgan fingerprint density at radius 2 is 1.65 bits per heavy atom. The van der Waals surface area contributed by atoms with Crippen LogP contribution >= 0.6 is 0 Å². The average Bonchev–Trinajstić information content (AvgIpc) is 2.58. The minimum atomic E-state index is -0.639. The van der Waals surface area contributed by atoms with Gasteiger partial charge in [0.15, 0.2) is 0 Å². The predicted molar refractivity (Wildman–Crippen MR) is 93.7 cm³/mol. The summed E-state index contributed by atoms with van der Waals surface area (Å²) in [5.74, 6) is 1.16. The Hall–Kier alpha value is -2.64. The molecule has 4 saturated carbocycles. The Kier molecular flexibility index (Phi) is 3.86. The molecule has 4 fully saturated rings. The molecule has 138 valence electrons. The molecule has 0 spiro atoms. The SMILES string of the molecule is Nc1ccc(C(=O)NNC(=O)C23CC4CC(CC(C4)C2)C3)cc1[N+](=O)[O-]. The summed E-state index contributed by atoms with van der Waals surface area (Å²) >= 11 is 0. The van der Waals surface area contributed by atoms with Gasteiger partial charge < -0.3 is 5.73 Å². The van der Waals surface area contributed by atoms with Crippen molar-refractivity contribution in [2.24, 2.45) is 23.2 Å². The van der Waals surface area contributed by atoms with Gasteiger partial charge in [-0.2, -0.15) is 0 Å².